The predicted molar refractivity (Wildman–Crippen MR) is 138 cm³/mol. The highest BCUT2D eigenvalue weighted by Gasteiger charge is 2.13. The Morgan fingerprint density at radius 1 is 1.25 bits per heavy atom. The van der Waals surface area contributed by atoms with Crippen molar-refractivity contribution in [2.75, 3.05) is 37.4 Å². The molecular weight excluding hydrogens is 489 g/mol. The highest BCUT2D eigenvalue weighted by atomic mass is 35.5. The van der Waals surface area contributed by atoms with Crippen molar-refractivity contribution in [2.45, 2.75) is 19.8 Å². The number of likely N-dealkylation sites (N-methyl/N-ethyl adjacent to an activating group) is 1. The van der Waals surface area contributed by atoms with Gasteiger partial charge in [0.2, 0.25) is 5.91 Å². The van der Waals surface area contributed by atoms with Crippen LogP contribution in [0.2, 0.25) is 5.02 Å². The quantitative estimate of drug-likeness (QED) is 0.293. The third kappa shape index (κ3) is 7.62. The lowest BCUT2D eigenvalue weighted by molar-refractivity contribution is -0.137. The van der Waals surface area contributed by atoms with Crippen LogP contribution in [-0.4, -0.2) is 58.6 Å². The van der Waals surface area contributed by atoms with Crippen molar-refractivity contribution < 1.29 is 23.8 Å². The average Bonchev–Trinajstić information content (AvgIpc) is 2.82. The number of carbonyl (C=O) groups excluding carboxylic acids is 1. The number of halogens is 2. The minimum absolute atomic E-state index is 0.0238. The number of anilines is 3. The fourth-order valence-electron chi connectivity index (χ4n) is 3.37. The zero-order valence-corrected chi connectivity index (χ0v) is 20.7. The molecule has 0 aliphatic heterocycles. The molecule has 2 aromatic carbocycles. The second kappa shape index (κ2) is 12.8. The third-order valence-electron chi connectivity index (χ3n) is 5.09. The van der Waals surface area contributed by atoms with Gasteiger partial charge in [-0.3, -0.25) is 9.59 Å². The molecule has 0 bridgehead atoms. The van der Waals surface area contributed by atoms with Gasteiger partial charge in [-0.15, -0.1) is 0 Å². The van der Waals surface area contributed by atoms with Crippen molar-refractivity contribution in [3.05, 3.63) is 59.7 Å². The summed E-state index contributed by atoms with van der Waals surface area (Å²) >= 11 is 5.89. The molecular formula is C25H27ClFN5O4. The number of hydrogen-bond acceptors (Lipinski definition) is 7. The first kappa shape index (κ1) is 26.8. The van der Waals surface area contributed by atoms with E-state index in [2.05, 4.69) is 20.6 Å². The summed E-state index contributed by atoms with van der Waals surface area (Å²) in [5.74, 6) is -0.817. The van der Waals surface area contributed by atoms with E-state index >= 15 is 0 Å². The molecule has 3 aromatic rings. The monoisotopic (exact) mass is 515 g/mol. The van der Waals surface area contributed by atoms with Crippen LogP contribution in [0.1, 0.15) is 19.8 Å². The Balaban J connectivity index is 1.78. The van der Waals surface area contributed by atoms with Crippen molar-refractivity contribution in [3.8, 4) is 5.75 Å². The molecule has 36 heavy (non-hydrogen) atoms. The molecule has 0 aliphatic carbocycles. The molecule has 9 nitrogen and oxygen atoms in total. The maximum absolute atomic E-state index is 13.5. The standard InChI is InChI=1S/C25H27ClFN5O4/c1-3-36-22-14-20-17(25(29-15-28-20)30-16-8-9-19(27)18(26)12-16)13-21(22)31-23(33)6-4-10-32(2)11-5-7-24(34)35/h4,6,8-9,12-15H,3,5,7,10-11H2,1-2H3,(H,31,33)(H,34,35)(H,28,29,30)/b6-4+. The number of ether oxygens (including phenoxy) is 1. The summed E-state index contributed by atoms with van der Waals surface area (Å²) in [6.45, 7) is 3.31. The smallest absolute Gasteiger partial charge is 0.303 e. The number of amides is 1. The fourth-order valence-corrected chi connectivity index (χ4v) is 3.55. The van der Waals surface area contributed by atoms with Gasteiger partial charge >= 0.3 is 5.97 Å². The van der Waals surface area contributed by atoms with Gasteiger partial charge in [0.1, 0.15) is 23.7 Å². The van der Waals surface area contributed by atoms with Crippen LogP contribution in [0.4, 0.5) is 21.6 Å². The van der Waals surface area contributed by atoms with Crippen molar-refractivity contribution >= 4 is 51.6 Å². The van der Waals surface area contributed by atoms with Gasteiger partial charge in [0.05, 0.1) is 22.8 Å². The summed E-state index contributed by atoms with van der Waals surface area (Å²) in [5.41, 5.74) is 1.56. The summed E-state index contributed by atoms with van der Waals surface area (Å²) in [7, 11) is 1.85. The van der Waals surface area contributed by atoms with Crippen LogP contribution in [0, 0.1) is 5.82 Å². The Morgan fingerprint density at radius 2 is 2.06 bits per heavy atom. The van der Waals surface area contributed by atoms with Gasteiger partial charge in [0.15, 0.2) is 0 Å². The number of aliphatic carboxylic acids is 1. The number of nitrogens with zero attached hydrogens (tertiary/aromatic N) is 3. The van der Waals surface area contributed by atoms with Gasteiger partial charge in [0.25, 0.3) is 0 Å². The topological polar surface area (TPSA) is 117 Å². The number of nitrogens with one attached hydrogen (secondary N) is 2. The fraction of sp³-hybridized carbons (Fsp3) is 0.280. The van der Waals surface area contributed by atoms with Gasteiger partial charge in [0, 0.05) is 36.2 Å². The summed E-state index contributed by atoms with van der Waals surface area (Å²) in [6, 6.07) is 7.65. The van der Waals surface area contributed by atoms with Gasteiger partial charge in [-0.1, -0.05) is 17.7 Å². The molecule has 0 radical (unpaired) electrons. The average molecular weight is 516 g/mol. The molecule has 1 heterocycles. The highest BCUT2D eigenvalue weighted by molar-refractivity contribution is 6.31. The lowest BCUT2D eigenvalue weighted by Gasteiger charge is -2.15. The van der Waals surface area contributed by atoms with E-state index in [1.165, 1.54) is 30.6 Å². The van der Waals surface area contributed by atoms with Crippen molar-refractivity contribution in [3.63, 3.8) is 0 Å². The van der Waals surface area contributed by atoms with Crippen LogP contribution in [0.5, 0.6) is 5.75 Å². The number of fused-ring (bicyclic) bond motifs is 1. The molecule has 190 valence electrons. The largest absolute Gasteiger partial charge is 0.492 e. The van der Waals surface area contributed by atoms with E-state index < -0.39 is 11.8 Å². The normalized spacial score (nSPS) is 11.2. The molecule has 3 N–H and O–H groups in total. The number of carbonyl (C=O) groups is 2. The maximum Gasteiger partial charge on any atom is 0.303 e. The molecule has 0 unspecified atom stereocenters. The van der Waals surface area contributed by atoms with E-state index in [1.807, 2.05) is 18.9 Å². The first-order valence-corrected chi connectivity index (χ1v) is 11.7. The first-order chi connectivity index (χ1) is 17.3. The summed E-state index contributed by atoms with van der Waals surface area (Å²) in [6.07, 6.45) is 5.13. The van der Waals surface area contributed by atoms with E-state index in [-0.39, 0.29) is 17.4 Å². The SMILES string of the molecule is CCOc1cc2ncnc(Nc3ccc(F)c(Cl)c3)c2cc1NC(=O)/C=C/CN(C)CCCC(=O)O. The number of carboxylic acid groups (broad SMARTS) is 1. The summed E-state index contributed by atoms with van der Waals surface area (Å²) in [4.78, 5) is 33.7. The Bertz CT molecular complexity index is 1270. The lowest BCUT2D eigenvalue weighted by atomic mass is 10.1. The minimum atomic E-state index is -0.830. The van der Waals surface area contributed by atoms with Gasteiger partial charge in [-0.2, -0.15) is 0 Å². The number of rotatable bonds is 12. The van der Waals surface area contributed by atoms with E-state index in [4.69, 9.17) is 21.4 Å². The zero-order valence-electron chi connectivity index (χ0n) is 19.9. The summed E-state index contributed by atoms with van der Waals surface area (Å²) in [5, 5.41) is 15.2. The van der Waals surface area contributed by atoms with Crippen LogP contribution in [0.3, 0.4) is 0 Å². The van der Waals surface area contributed by atoms with Crippen LogP contribution in [-0.2, 0) is 9.59 Å². The molecule has 11 heteroatoms. The second-order valence-corrected chi connectivity index (χ2v) is 8.33. The molecule has 0 atom stereocenters. The predicted octanol–water partition coefficient (Wildman–Crippen LogP) is 4.86. The minimum Gasteiger partial charge on any atom is -0.492 e. The second-order valence-electron chi connectivity index (χ2n) is 7.93. The number of aromatic nitrogens is 2. The van der Waals surface area contributed by atoms with Crippen LogP contribution in [0.25, 0.3) is 10.9 Å². The Morgan fingerprint density at radius 3 is 2.78 bits per heavy atom. The maximum atomic E-state index is 13.5. The van der Waals surface area contributed by atoms with Crippen molar-refractivity contribution in [1.29, 1.82) is 0 Å². The highest BCUT2D eigenvalue weighted by Crippen LogP contribution is 2.33. The molecule has 3 rings (SSSR count). The van der Waals surface area contributed by atoms with Crippen LogP contribution in [0.15, 0.2) is 48.8 Å². The van der Waals surface area contributed by atoms with E-state index in [0.29, 0.717) is 60.0 Å². The molecule has 0 spiro atoms. The van der Waals surface area contributed by atoms with Crippen molar-refractivity contribution in [2.24, 2.45) is 0 Å². The molecule has 0 saturated carbocycles. The van der Waals surface area contributed by atoms with Gasteiger partial charge < -0.3 is 25.4 Å². The Hall–Kier alpha value is -3.76. The van der Waals surface area contributed by atoms with E-state index in [0.717, 1.165) is 0 Å². The van der Waals surface area contributed by atoms with Crippen molar-refractivity contribution in [1.82, 2.24) is 14.9 Å². The molecule has 1 amide bonds. The number of benzene rings is 2. The molecule has 0 saturated heterocycles. The molecule has 0 fully saturated rings. The molecule has 1 aromatic heterocycles. The van der Waals surface area contributed by atoms with Gasteiger partial charge in [-0.05, 0) is 51.2 Å². The van der Waals surface area contributed by atoms with Crippen LogP contribution >= 0.6 is 11.6 Å². The summed E-state index contributed by atoms with van der Waals surface area (Å²) < 4.78 is 19.2. The number of carboxylic acids is 1. The first-order valence-electron chi connectivity index (χ1n) is 11.3. The van der Waals surface area contributed by atoms with Crippen LogP contribution < -0.4 is 15.4 Å². The zero-order chi connectivity index (χ0) is 26.1. The van der Waals surface area contributed by atoms with Gasteiger partial charge in [-0.25, -0.2) is 14.4 Å². The third-order valence-corrected chi connectivity index (χ3v) is 5.38. The van der Waals surface area contributed by atoms with E-state index in [9.17, 15) is 14.0 Å². The lowest BCUT2D eigenvalue weighted by Crippen LogP contribution is -2.20. The number of hydrogen-bond donors (Lipinski definition) is 3. The Kier molecular flexibility index (Phi) is 9.54. The Labute approximate surface area is 212 Å². The van der Waals surface area contributed by atoms with E-state index in [1.54, 1.807) is 18.2 Å². The molecule has 0 aliphatic rings.